The summed E-state index contributed by atoms with van der Waals surface area (Å²) in [6.07, 6.45) is 7.36. The van der Waals surface area contributed by atoms with Gasteiger partial charge in [-0.15, -0.1) is 0 Å². The summed E-state index contributed by atoms with van der Waals surface area (Å²) in [5.74, 6) is -0.938. The van der Waals surface area contributed by atoms with Crippen LogP contribution >= 0.6 is 23.5 Å². The number of fused-ring (bicyclic) bond motifs is 1. The van der Waals surface area contributed by atoms with Gasteiger partial charge in [0.15, 0.2) is 0 Å². The highest BCUT2D eigenvalue weighted by Gasteiger charge is 2.37. The fraction of sp³-hybridized carbons (Fsp3) is 0.652. The van der Waals surface area contributed by atoms with Crippen molar-refractivity contribution in [2.24, 2.45) is 5.92 Å². The maximum Gasteiger partial charge on any atom is 0.410 e. The molecule has 31 heavy (non-hydrogen) atoms. The Balaban J connectivity index is 0.00000134. The van der Waals surface area contributed by atoms with Crippen LogP contribution in [0.2, 0.25) is 0 Å². The standard InChI is InChI=1S/C19H27NO5.2C2H6S/c1-6-24-17(22)15-10-13-8-7-12(9-14(13)16(15)21)11-20(5)18(23)25-19(2,3)4;2*1-3-2/h7-9,15-16,21H,6,10-11H2,1-5H3;2*1-2H3. The number of aliphatic hydroxyl groups excluding tert-OH is 1. The SMILES string of the molecule is CCOC(=O)C1Cc2ccc(CN(C)C(=O)OC(C)(C)C)cc2C1O.CSC.CSC. The van der Waals surface area contributed by atoms with Gasteiger partial charge in [0.05, 0.1) is 18.6 Å². The molecule has 0 radical (unpaired) electrons. The Labute approximate surface area is 196 Å². The van der Waals surface area contributed by atoms with E-state index in [4.69, 9.17) is 9.47 Å². The van der Waals surface area contributed by atoms with Gasteiger partial charge in [0.2, 0.25) is 0 Å². The van der Waals surface area contributed by atoms with E-state index in [-0.39, 0.29) is 5.97 Å². The maximum absolute atomic E-state index is 12.1. The molecule has 0 heterocycles. The minimum atomic E-state index is -0.874. The number of carbonyl (C=O) groups excluding carboxylic acids is 2. The smallest absolute Gasteiger partial charge is 0.410 e. The van der Waals surface area contributed by atoms with Crippen LogP contribution in [0.15, 0.2) is 18.2 Å². The number of ether oxygens (including phenoxy) is 2. The van der Waals surface area contributed by atoms with E-state index < -0.39 is 23.7 Å². The van der Waals surface area contributed by atoms with Crippen LogP contribution in [0.25, 0.3) is 0 Å². The molecule has 1 aromatic rings. The van der Waals surface area contributed by atoms with Gasteiger partial charge in [0, 0.05) is 13.6 Å². The van der Waals surface area contributed by atoms with Crippen LogP contribution in [0.5, 0.6) is 0 Å². The molecule has 2 unspecified atom stereocenters. The van der Waals surface area contributed by atoms with Crippen LogP contribution in [0.1, 0.15) is 50.5 Å². The number of hydrogen-bond donors (Lipinski definition) is 1. The van der Waals surface area contributed by atoms with Crippen LogP contribution in [-0.2, 0) is 27.2 Å². The van der Waals surface area contributed by atoms with E-state index in [9.17, 15) is 14.7 Å². The first-order valence-electron chi connectivity index (χ1n) is 10.2. The summed E-state index contributed by atoms with van der Waals surface area (Å²) >= 11 is 3.50. The Morgan fingerprint density at radius 2 is 1.71 bits per heavy atom. The lowest BCUT2D eigenvalue weighted by Gasteiger charge is -2.24. The topological polar surface area (TPSA) is 76.1 Å². The molecule has 1 amide bonds. The average molecular weight is 474 g/mol. The molecule has 1 aliphatic carbocycles. The van der Waals surface area contributed by atoms with Crippen LogP contribution in [0.4, 0.5) is 4.79 Å². The van der Waals surface area contributed by atoms with Gasteiger partial charge < -0.3 is 19.5 Å². The van der Waals surface area contributed by atoms with E-state index in [0.717, 1.165) is 16.7 Å². The third kappa shape index (κ3) is 10.7. The molecule has 0 bridgehead atoms. The van der Waals surface area contributed by atoms with Crippen molar-refractivity contribution in [3.05, 3.63) is 34.9 Å². The predicted octanol–water partition coefficient (Wildman–Crippen LogP) is 4.78. The van der Waals surface area contributed by atoms with Crippen molar-refractivity contribution in [2.45, 2.75) is 52.4 Å². The number of rotatable bonds is 4. The van der Waals surface area contributed by atoms with Crippen molar-refractivity contribution in [1.29, 1.82) is 0 Å². The summed E-state index contributed by atoms with van der Waals surface area (Å²) in [5, 5.41) is 10.5. The van der Waals surface area contributed by atoms with Gasteiger partial charge in [-0.3, -0.25) is 4.79 Å². The number of esters is 1. The van der Waals surface area contributed by atoms with Gasteiger partial charge in [0.1, 0.15) is 5.60 Å². The van der Waals surface area contributed by atoms with Gasteiger partial charge in [0.25, 0.3) is 0 Å². The van der Waals surface area contributed by atoms with E-state index in [2.05, 4.69) is 0 Å². The van der Waals surface area contributed by atoms with Crippen LogP contribution < -0.4 is 0 Å². The van der Waals surface area contributed by atoms with Crippen molar-refractivity contribution in [3.8, 4) is 0 Å². The number of hydrogen-bond acceptors (Lipinski definition) is 7. The highest BCUT2D eigenvalue weighted by molar-refractivity contribution is 7.98. The number of amides is 1. The molecule has 0 saturated carbocycles. The van der Waals surface area contributed by atoms with Crippen molar-refractivity contribution in [2.75, 3.05) is 38.7 Å². The highest BCUT2D eigenvalue weighted by Crippen LogP contribution is 2.37. The van der Waals surface area contributed by atoms with Gasteiger partial charge in [-0.1, -0.05) is 18.2 Å². The van der Waals surface area contributed by atoms with Crippen molar-refractivity contribution in [3.63, 3.8) is 0 Å². The zero-order valence-corrected chi connectivity index (χ0v) is 22.0. The lowest BCUT2D eigenvalue weighted by atomic mass is 10.0. The molecule has 0 aromatic heterocycles. The van der Waals surface area contributed by atoms with Crippen LogP contribution in [0, 0.1) is 5.92 Å². The van der Waals surface area contributed by atoms with Crippen molar-refractivity contribution in [1.82, 2.24) is 4.90 Å². The zero-order chi connectivity index (χ0) is 24.2. The number of nitrogens with zero attached hydrogens (tertiary/aromatic N) is 1. The third-order valence-corrected chi connectivity index (χ3v) is 4.06. The zero-order valence-electron chi connectivity index (χ0n) is 20.4. The molecule has 0 fully saturated rings. The molecule has 0 spiro atoms. The summed E-state index contributed by atoms with van der Waals surface area (Å²) in [6.45, 7) is 7.86. The molecule has 1 N–H and O–H groups in total. The Kier molecular flexibility index (Phi) is 14.0. The number of carbonyl (C=O) groups is 2. The second-order valence-electron chi connectivity index (χ2n) is 8.19. The summed E-state index contributed by atoms with van der Waals surface area (Å²) in [4.78, 5) is 25.5. The lowest BCUT2D eigenvalue weighted by Crippen LogP contribution is -2.33. The van der Waals surface area contributed by atoms with Gasteiger partial charge in [-0.05, 0) is 75.8 Å². The number of aliphatic hydroxyl groups is 1. The minimum absolute atomic E-state index is 0.296. The summed E-state index contributed by atoms with van der Waals surface area (Å²) < 4.78 is 10.4. The second kappa shape index (κ2) is 14.6. The van der Waals surface area contributed by atoms with Crippen molar-refractivity contribution < 1.29 is 24.2 Å². The second-order valence-corrected chi connectivity index (χ2v) is 9.83. The van der Waals surface area contributed by atoms with Crippen LogP contribution in [-0.4, -0.2) is 66.3 Å². The minimum Gasteiger partial charge on any atom is -0.466 e. The molecule has 8 heteroatoms. The molecular weight excluding hydrogens is 434 g/mol. The Morgan fingerprint density at radius 3 is 2.19 bits per heavy atom. The van der Waals surface area contributed by atoms with Gasteiger partial charge >= 0.3 is 12.1 Å². The molecule has 2 atom stereocenters. The van der Waals surface area contributed by atoms with E-state index in [0.29, 0.717) is 19.6 Å². The van der Waals surface area contributed by atoms with E-state index >= 15 is 0 Å². The average Bonchev–Trinajstić information content (AvgIpc) is 2.98. The number of benzene rings is 1. The normalized spacial score (nSPS) is 16.7. The maximum atomic E-state index is 12.1. The molecule has 1 aromatic carbocycles. The Morgan fingerprint density at radius 1 is 1.16 bits per heavy atom. The first-order valence-corrected chi connectivity index (χ1v) is 13.4. The number of thioether (sulfide) groups is 2. The first kappa shape index (κ1) is 29.6. The molecule has 178 valence electrons. The first-order chi connectivity index (χ1) is 14.4. The largest absolute Gasteiger partial charge is 0.466 e. The summed E-state index contributed by atoms with van der Waals surface area (Å²) in [5.41, 5.74) is 1.99. The Bertz CT molecular complexity index is 689. The molecule has 1 aliphatic rings. The monoisotopic (exact) mass is 473 g/mol. The molecular formula is C23H39NO5S2. The molecule has 2 rings (SSSR count). The lowest BCUT2D eigenvalue weighted by molar-refractivity contribution is -0.151. The van der Waals surface area contributed by atoms with Gasteiger partial charge in [-0.25, -0.2) is 4.79 Å². The van der Waals surface area contributed by atoms with Crippen LogP contribution in [0.3, 0.4) is 0 Å². The molecule has 0 aliphatic heterocycles. The van der Waals surface area contributed by atoms with E-state index in [1.807, 2.05) is 64.0 Å². The fourth-order valence-electron chi connectivity index (χ4n) is 2.91. The fourth-order valence-corrected chi connectivity index (χ4v) is 2.91. The van der Waals surface area contributed by atoms with E-state index in [1.54, 1.807) is 37.5 Å². The molecule has 0 saturated heterocycles. The summed E-state index contributed by atoms with van der Waals surface area (Å²) in [7, 11) is 1.67. The van der Waals surface area contributed by atoms with E-state index in [1.165, 1.54) is 4.90 Å². The van der Waals surface area contributed by atoms with Crippen molar-refractivity contribution >= 4 is 35.6 Å². The third-order valence-electron chi connectivity index (χ3n) is 4.06. The predicted molar refractivity (Wildman–Crippen MR) is 132 cm³/mol. The summed E-state index contributed by atoms with van der Waals surface area (Å²) in [6, 6.07) is 5.65. The quantitative estimate of drug-likeness (QED) is 0.631. The molecule has 6 nitrogen and oxygen atoms in total. The highest BCUT2D eigenvalue weighted by atomic mass is 32.2. The Hall–Kier alpha value is -1.38. The van der Waals surface area contributed by atoms with Gasteiger partial charge in [-0.2, -0.15) is 23.5 Å².